The monoisotopic (exact) mass is 307 g/mol. The van der Waals surface area contributed by atoms with E-state index >= 15 is 0 Å². The number of amides is 1. The van der Waals surface area contributed by atoms with Crippen LogP contribution >= 0.6 is 0 Å². The normalized spacial score (nSPS) is 16.9. The molecule has 6 nitrogen and oxygen atoms in total. The maximum absolute atomic E-state index is 11.9. The van der Waals surface area contributed by atoms with Gasteiger partial charge in [0.05, 0.1) is 6.61 Å². The van der Waals surface area contributed by atoms with Crippen molar-refractivity contribution in [2.75, 3.05) is 26.4 Å². The van der Waals surface area contributed by atoms with E-state index in [1.165, 1.54) is 0 Å². The molecule has 2 N–H and O–H groups in total. The number of carbonyl (C=O) groups is 2. The van der Waals surface area contributed by atoms with Crippen molar-refractivity contribution >= 4 is 11.9 Å². The van der Waals surface area contributed by atoms with Gasteiger partial charge in [0.1, 0.15) is 12.1 Å². The van der Waals surface area contributed by atoms with Crippen molar-refractivity contribution in [3.05, 3.63) is 35.9 Å². The molecule has 6 heteroatoms. The summed E-state index contributed by atoms with van der Waals surface area (Å²) in [5, 5.41) is 11.9. The minimum Gasteiger partial charge on any atom is -0.480 e. The molecule has 120 valence electrons. The maximum Gasteiger partial charge on any atom is 0.329 e. The van der Waals surface area contributed by atoms with Crippen molar-refractivity contribution in [2.24, 2.45) is 0 Å². The number of carboxylic acids is 1. The van der Waals surface area contributed by atoms with E-state index in [2.05, 4.69) is 5.32 Å². The smallest absolute Gasteiger partial charge is 0.329 e. The second-order valence-corrected chi connectivity index (χ2v) is 5.34. The second kappa shape index (κ2) is 7.91. The van der Waals surface area contributed by atoms with Gasteiger partial charge in [-0.3, -0.25) is 4.79 Å². The van der Waals surface area contributed by atoms with Crippen molar-refractivity contribution in [1.82, 2.24) is 5.32 Å². The van der Waals surface area contributed by atoms with Gasteiger partial charge in [0.15, 0.2) is 0 Å². The lowest BCUT2D eigenvalue weighted by Gasteiger charge is -2.33. The number of carboxylic acid groups (broad SMARTS) is 1. The average molecular weight is 307 g/mol. The van der Waals surface area contributed by atoms with E-state index in [0.717, 1.165) is 5.56 Å². The lowest BCUT2D eigenvalue weighted by molar-refractivity contribution is -0.152. The molecule has 0 saturated carbocycles. The van der Waals surface area contributed by atoms with Crippen molar-refractivity contribution in [1.29, 1.82) is 0 Å². The zero-order chi connectivity index (χ0) is 15.8. The van der Waals surface area contributed by atoms with Gasteiger partial charge >= 0.3 is 5.97 Å². The fourth-order valence-corrected chi connectivity index (χ4v) is 2.41. The molecule has 0 spiro atoms. The first-order chi connectivity index (χ1) is 10.6. The molecule has 1 saturated heterocycles. The quantitative estimate of drug-likeness (QED) is 0.734. The summed E-state index contributed by atoms with van der Waals surface area (Å²) in [7, 11) is 0. The van der Waals surface area contributed by atoms with E-state index in [9.17, 15) is 14.7 Å². The number of hydrogen-bond acceptors (Lipinski definition) is 4. The topological polar surface area (TPSA) is 84.9 Å². The molecule has 1 aliphatic rings. The largest absolute Gasteiger partial charge is 0.480 e. The molecule has 1 aromatic carbocycles. The van der Waals surface area contributed by atoms with E-state index in [1.54, 1.807) is 0 Å². The van der Waals surface area contributed by atoms with Gasteiger partial charge in [-0.15, -0.1) is 0 Å². The Hall–Kier alpha value is -1.92. The summed E-state index contributed by atoms with van der Waals surface area (Å²) in [5.41, 5.74) is -0.0904. The molecule has 1 aliphatic heterocycles. The van der Waals surface area contributed by atoms with Gasteiger partial charge in [-0.1, -0.05) is 30.3 Å². The molecule has 0 aromatic heterocycles. The minimum atomic E-state index is -1.22. The summed E-state index contributed by atoms with van der Waals surface area (Å²) in [5.74, 6) is -1.43. The lowest BCUT2D eigenvalue weighted by atomic mass is 9.90. The Bertz CT molecular complexity index is 497. The summed E-state index contributed by atoms with van der Waals surface area (Å²) < 4.78 is 10.5. The number of benzene rings is 1. The Balaban J connectivity index is 1.73. The summed E-state index contributed by atoms with van der Waals surface area (Å²) >= 11 is 0. The van der Waals surface area contributed by atoms with Crippen molar-refractivity contribution in [2.45, 2.75) is 24.8 Å². The van der Waals surface area contributed by atoms with Crippen LogP contribution in [0, 0.1) is 0 Å². The summed E-state index contributed by atoms with van der Waals surface area (Å²) in [4.78, 5) is 23.3. The van der Waals surface area contributed by atoms with Crippen LogP contribution in [0.1, 0.15) is 18.4 Å². The predicted octanol–water partition coefficient (Wildman–Crippen LogP) is 0.996. The summed E-state index contributed by atoms with van der Waals surface area (Å²) in [6.45, 7) is 0.951. The first-order valence-corrected chi connectivity index (χ1v) is 7.36. The van der Waals surface area contributed by atoms with Gasteiger partial charge in [0, 0.05) is 26.1 Å². The number of ether oxygens (including phenoxy) is 2. The Morgan fingerprint density at radius 3 is 2.55 bits per heavy atom. The molecule has 0 unspecified atom stereocenters. The molecule has 1 amide bonds. The highest BCUT2D eigenvalue weighted by molar-refractivity contribution is 5.87. The third-order valence-corrected chi connectivity index (χ3v) is 3.75. The third-order valence-electron chi connectivity index (χ3n) is 3.75. The number of hydrogen-bond donors (Lipinski definition) is 2. The van der Waals surface area contributed by atoms with Gasteiger partial charge in [-0.25, -0.2) is 4.79 Å². The number of rotatable bonds is 7. The van der Waals surface area contributed by atoms with E-state index in [0.29, 0.717) is 26.2 Å². The fraction of sp³-hybridized carbons (Fsp3) is 0.500. The van der Waals surface area contributed by atoms with Gasteiger partial charge in [0.2, 0.25) is 5.91 Å². The van der Waals surface area contributed by atoms with Gasteiger partial charge in [0.25, 0.3) is 0 Å². The molecule has 0 atom stereocenters. The SMILES string of the molecule is O=C(COCCc1ccccc1)NC1(C(=O)O)CCOCC1. The molecular weight excluding hydrogens is 286 g/mol. The maximum atomic E-state index is 11.9. The van der Waals surface area contributed by atoms with Crippen LogP contribution in [0.2, 0.25) is 0 Å². The number of nitrogens with one attached hydrogen (secondary N) is 1. The minimum absolute atomic E-state index is 0.136. The highest BCUT2D eigenvalue weighted by Crippen LogP contribution is 2.20. The number of carbonyl (C=O) groups excluding carboxylic acids is 1. The van der Waals surface area contributed by atoms with Crippen LogP contribution in [0.15, 0.2) is 30.3 Å². The highest BCUT2D eigenvalue weighted by atomic mass is 16.5. The van der Waals surface area contributed by atoms with Crippen LogP contribution in [0.4, 0.5) is 0 Å². The first kappa shape index (κ1) is 16.5. The first-order valence-electron chi connectivity index (χ1n) is 7.36. The standard InChI is InChI=1S/C16H21NO5/c18-14(12-22-9-6-13-4-2-1-3-5-13)17-16(15(19)20)7-10-21-11-8-16/h1-5H,6-12H2,(H,17,18)(H,19,20). The van der Waals surface area contributed by atoms with Crippen molar-refractivity contribution in [3.63, 3.8) is 0 Å². The molecule has 0 bridgehead atoms. The predicted molar refractivity (Wildman–Crippen MR) is 79.5 cm³/mol. The van der Waals surface area contributed by atoms with Crippen LogP contribution in [-0.4, -0.2) is 48.9 Å². The molecule has 1 fully saturated rings. The van der Waals surface area contributed by atoms with Crippen LogP contribution < -0.4 is 5.32 Å². The molecule has 1 heterocycles. The highest BCUT2D eigenvalue weighted by Gasteiger charge is 2.41. The van der Waals surface area contributed by atoms with E-state index in [4.69, 9.17) is 9.47 Å². The zero-order valence-corrected chi connectivity index (χ0v) is 12.4. The van der Waals surface area contributed by atoms with Gasteiger partial charge < -0.3 is 19.9 Å². The zero-order valence-electron chi connectivity index (χ0n) is 12.4. The summed E-state index contributed by atoms with van der Waals surface area (Å²) in [6.07, 6.45) is 1.27. The molecule has 0 aliphatic carbocycles. The molecule has 2 rings (SSSR count). The Labute approximate surface area is 129 Å². The summed E-state index contributed by atoms with van der Waals surface area (Å²) in [6, 6.07) is 9.82. The Kier molecular flexibility index (Phi) is 5.91. The lowest BCUT2D eigenvalue weighted by Crippen LogP contribution is -2.58. The fourth-order valence-electron chi connectivity index (χ4n) is 2.41. The Morgan fingerprint density at radius 1 is 1.23 bits per heavy atom. The Morgan fingerprint density at radius 2 is 1.91 bits per heavy atom. The van der Waals surface area contributed by atoms with Crippen LogP contribution in [0.5, 0.6) is 0 Å². The van der Waals surface area contributed by atoms with Crippen molar-refractivity contribution in [3.8, 4) is 0 Å². The van der Waals surface area contributed by atoms with Crippen LogP contribution in [-0.2, 0) is 25.5 Å². The second-order valence-electron chi connectivity index (χ2n) is 5.34. The molecule has 1 aromatic rings. The van der Waals surface area contributed by atoms with Gasteiger partial charge in [-0.05, 0) is 12.0 Å². The van der Waals surface area contributed by atoms with Crippen LogP contribution in [0.3, 0.4) is 0 Å². The molecular formula is C16H21NO5. The molecule has 22 heavy (non-hydrogen) atoms. The van der Waals surface area contributed by atoms with Crippen LogP contribution in [0.25, 0.3) is 0 Å². The van der Waals surface area contributed by atoms with Crippen molar-refractivity contribution < 1.29 is 24.2 Å². The molecule has 0 radical (unpaired) electrons. The number of aliphatic carboxylic acids is 1. The average Bonchev–Trinajstić information content (AvgIpc) is 2.53. The van der Waals surface area contributed by atoms with E-state index in [1.807, 2.05) is 30.3 Å². The third kappa shape index (κ3) is 4.54. The van der Waals surface area contributed by atoms with E-state index < -0.39 is 17.4 Å². The van der Waals surface area contributed by atoms with E-state index in [-0.39, 0.29) is 19.4 Å². The van der Waals surface area contributed by atoms with Gasteiger partial charge in [-0.2, -0.15) is 0 Å².